The van der Waals surface area contributed by atoms with E-state index in [1.807, 2.05) is 20.8 Å². The molecule has 35 heavy (non-hydrogen) atoms. The van der Waals surface area contributed by atoms with Gasteiger partial charge in [-0.25, -0.2) is 4.79 Å². The maximum atomic E-state index is 13.7. The van der Waals surface area contributed by atoms with Gasteiger partial charge in [-0.1, -0.05) is 24.1 Å². The first kappa shape index (κ1) is 29.5. The normalized spacial score (nSPS) is 13.1. The van der Waals surface area contributed by atoms with Crippen molar-refractivity contribution in [2.75, 3.05) is 6.54 Å². The molecule has 2 unspecified atom stereocenters. The van der Waals surface area contributed by atoms with Gasteiger partial charge in [-0.15, -0.1) is 6.42 Å². The van der Waals surface area contributed by atoms with Crippen LogP contribution in [0.1, 0.15) is 78.5 Å². The number of hydrogen-bond acceptors (Lipinski definition) is 5. The molecule has 9 nitrogen and oxygen atoms in total. The number of nitrogens with zero attached hydrogens (tertiary/aromatic N) is 1. The smallest absolute Gasteiger partial charge is 0.408 e. The van der Waals surface area contributed by atoms with Crippen molar-refractivity contribution in [2.45, 2.75) is 84.5 Å². The number of carbonyl (C=O) groups is 4. The SMILES string of the molecule is C#Cc1ccccc1C(C(=O)NC(C)(C)C)N(CC)C(=O)C(CCC(N)=O)NC(=O)OC(C)(C)C. The van der Waals surface area contributed by atoms with E-state index in [0.717, 1.165) is 0 Å². The number of hydrogen-bond donors (Lipinski definition) is 3. The number of carbonyl (C=O) groups excluding carboxylic acids is 4. The predicted molar refractivity (Wildman–Crippen MR) is 134 cm³/mol. The molecule has 0 aliphatic rings. The molecule has 2 atom stereocenters. The van der Waals surface area contributed by atoms with Crippen LogP contribution in [0.3, 0.4) is 0 Å². The Kier molecular flexibility index (Phi) is 10.3. The van der Waals surface area contributed by atoms with E-state index < -0.39 is 47.0 Å². The number of alkyl carbamates (subject to hydrolysis) is 1. The monoisotopic (exact) mass is 486 g/mol. The van der Waals surface area contributed by atoms with Gasteiger partial charge in [-0.05, 0) is 66.5 Å². The van der Waals surface area contributed by atoms with Crippen molar-refractivity contribution < 1.29 is 23.9 Å². The van der Waals surface area contributed by atoms with Crippen molar-refractivity contribution in [2.24, 2.45) is 5.73 Å². The van der Waals surface area contributed by atoms with Gasteiger partial charge >= 0.3 is 6.09 Å². The largest absolute Gasteiger partial charge is 0.444 e. The molecule has 0 heterocycles. The fourth-order valence-electron chi connectivity index (χ4n) is 3.42. The molecule has 0 saturated carbocycles. The number of nitrogens with two attached hydrogens (primary N) is 1. The lowest BCUT2D eigenvalue weighted by atomic mass is 9.96. The van der Waals surface area contributed by atoms with Crippen LogP contribution in [0.2, 0.25) is 0 Å². The van der Waals surface area contributed by atoms with Crippen molar-refractivity contribution in [1.29, 1.82) is 0 Å². The summed E-state index contributed by atoms with van der Waals surface area (Å²) in [5.74, 6) is 0.944. The van der Waals surface area contributed by atoms with E-state index >= 15 is 0 Å². The van der Waals surface area contributed by atoms with Gasteiger partial charge in [0.2, 0.25) is 17.7 Å². The van der Waals surface area contributed by atoms with E-state index in [2.05, 4.69) is 16.6 Å². The Balaban J connectivity index is 3.49. The average molecular weight is 487 g/mol. The highest BCUT2D eigenvalue weighted by molar-refractivity contribution is 5.93. The van der Waals surface area contributed by atoms with Crippen LogP contribution in [-0.2, 0) is 19.1 Å². The summed E-state index contributed by atoms with van der Waals surface area (Å²) in [4.78, 5) is 52.5. The van der Waals surface area contributed by atoms with E-state index in [1.165, 1.54) is 4.90 Å². The molecule has 0 fully saturated rings. The van der Waals surface area contributed by atoms with Gasteiger partial charge in [-0.3, -0.25) is 14.4 Å². The third-order valence-electron chi connectivity index (χ3n) is 4.76. The fraction of sp³-hybridized carbons (Fsp3) is 0.538. The van der Waals surface area contributed by atoms with Crippen LogP contribution in [0.15, 0.2) is 24.3 Å². The summed E-state index contributed by atoms with van der Waals surface area (Å²) in [5.41, 5.74) is 4.85. The van der Waals surface area contributed by atoms with Crippen molar-refractivity contribution >= 4 is 23.8 Å². The molecule has 0 aliphatic carbocycles. The second-order valence-corrected chi connectivity index (χ2v) is 10.2. The zero-order valence-electron chi connectivity index (χ0n) is 21.7. The molecule has 1 aromatic carbocycles. The maximum Gasteiger partial charge on any atom is 0.408 e. The second-order valence-electron chi connectivity index (χ2n) is 10.2. The Labute approximate surface area is 208 Å². The number of ether oxygens (including phenoxy) is 1. The minimum Gasteiger partial charge on any atom is -0.444 e. The van der Waals surface area contributed by atoms with Gasteiger partial charge < -0.3 is 26.0 Å². The number of nitrogens with one attached hydrogen (secondary N) is 2. The van der Waals surface area contributed by atoms with Crippen LogP contribution < -0.4 is 16.4 Å². The van der Waals surface area contributed by atoms with Crippen LogP contribution >= 0.6 is 0 Å². The first-order chi connectivity index (χ1) is 16.1. The summed E-state index contributed by atoms with van der Waals surface area (Å²) in [7, 11) is 0. The first-order valence-electron chi connectivity index (χ1n) is 11.6. The molecular weight excluding hydrogens is 448 g/mol. The summed E-state index contributed by atoms with van der Waals surface area (Å²) < 4.78 is 5.29. The van der Waals surface area contributed by atoms with Gasteiger partial charge in [0, 0.05) is 24.1 Å². The molecule has 1 rings (SSSR count). The van der Waals surface area contributed by atoms with Crippen LogP contribution in [0, 0.1) is 12.3 Å². The van der Waals surface area contributed by atoms with Gasteiger partial charge in [0.05, 0.1) is 0 Å². The number of primary amides is 1. The highest BCUT2D eigenvalue weighted by Gasteiger charge is 2.37. The quantitative estimate of drug-likeness (QED) is 0.462. The summed E-state index contributed by atoms with van der Waals surface area (Å²) in [5, 5.41) is 5.45. The average Bonchev–Trinajstić information content (AvgIpc) is 2.71. The molecule has 0 aromatic heterocycles. The molecule has 0 aliphatic heterocycles. The molecule has 0 saturated heterocycles. The molecule has 192 valence electrons. The van der Waals surface area contributed by atoms with Crippen molar-refractivity contribution in [3.63, 3.8) is 0 Å². The minimum atomic E-state index is -1.15. The van der Waals surface area contributed by atoms with Crippen LogP contribution in [-0.4, -0.2) is 52.4 Å². The lowest BCUT2D eigenvalue weighted by Gasteiger charge is -2.35. The lowest BCUT2D eigenvalue weighted by molar-refractivity contribution is -0.143. The Morgan fingerprint density at radius 2 is 1.71 bits per heavy atom. The molecule has 0 radical (unpaired) electrons. The first-order valence-corrected chi connectivity index (χ1v) is 11.6. The summed E-state index contributed by atoms with van der Waals surface area (Å²) >= 11 is 0. The summed E-state index contributed by atoms with van der Waals surface area (Å²) in [6.45, 7) is 12.4. The summed E-state index contributed by atoms with van der Waals surface area (Å²) in [6.07, 6.45) is 4.66. The van der Waals surface area contributed by atoms with Crippen molar-refractivity contribution in [3.05, 3.63) is 35.4 Å². The van der Waals surface area contributed by atoms with Crippen molar-refractivity contribution in [3.8, 4) is 12.3 Å². The number of benzene rings is 1. The highest BCUT2D eigenvalue weighted by atomic mass is 16.6. The third-order valence-corrected chi connectivity index (χ3v) is 4.76. The molecule has 4 N–H and O–H groups in total. The van der Waals surface area contributed by atoms with Crippen LogP contribution in [0.4, 0.5) is 4.79 Å². The highest BCUT2D eigenvalue weighted by Crippen LogP contribution is 2.26. The maximum absolute atomic E-state index is 13.7. The molecule has 1 aromatic rings. The Morgan fingerprint density at radius 1 is 1.11 bits per heavy atom. The Hall–Kier alpha value is -3.54. The Bertz CT molecular complexity index is 969. The molecule has 9 heteroatoms. The van der Waals surface area contributed by atoms with E-state index in [-0.39, 0.29) is 19.4 Å². The zero-order valence-corrected chi connectivity index (χ0v) is 21.7. The third kappa shape index (κ3) is 9.69. The predicted octanol–water partition coefficient (Wildman–Crippen LogP) is 2.63. The number of rotatable bonds is 9. The number of likely N-dealkylation sites (N-methyl/N-ethyl adjacent to an activating group) is 1. The number of amides is 4. The van der Waals surface area contributed by atoms with Gasteiger partial charge in [0.25, 0.3) is 0 Å². The zero-order chi connectivity index (χ0) is 27.0. The lowest BCUT2D eigenvalue weighted by Crippen LogP contribution is -2.54. The standard InChI is InChI=1S/C26H38N4O5/c1-9-17-13-11-12-14-18(17)21(22(32)29-25(3,4)5)30(10-2)23(33)19(15-16-20(27)31)28-24(34)35-26(6,7)8/h1,11-14,19,21H,10,15-16H2,2-8H3,(H2,27,31)(H,28,34)(H,29,32). The molecule has 4 amide bonds. The van der Waals surface area contributed by atoms with Crippen molar-refractivity contribution in [1.82, 2.24) is 15.5 Å². The van der Waals surface area contributed by atoms with E-state index in [4.69, 9.17) is 16.9 Å². The van der Waals surface area contributed by atoms with Gasteiger partial charge in [0.15, 0.2) is 0 Å². The van der Waals surface area contributed by atoms with E-state index in [0.29, 0.717) is 11.1 Å². The molecule has 0 spiro atoms. The topological polar surface area (TPSA) is 131 Å². The molecule has 0 bridgehead atoms. The summed E-state index contributed by atoms with van der Waals surface area (Å²) in [6, 6.07) is 4.63. The Morgan fingerprint density at radius 3 is 2.20 bits per heavy atom. The minimum absolute atomic E-state index is 0.0612. The van der Waals surface area contributed by atoms with E-state index in [9.17, 15) is 19.2 Å². The fourth-order valence-corrected chi connectivity index (χ4v) is 3.42. The molecular formula is C26H38N4O5. The van der Waals surface area contributed by atoms with E-state index in [1.54, 1.807) is 52.0 Å². The number of terminal acetylenes is 1. The van der Waals surface area contributed by atoms with Gasteiger partial charge in [-0.2, -0.15) is 0 Å². The second kappa shape index (κ2) is 12.2. The van der Waals surface area contributed by atoms with Gasteiger partial charge in [0.1, 0.15) is 17.7 Å². The van der Waals surface area contributed by atoms with Crippen LogP contribution in [0.5, 0.6) is 0 Å². The van der Waals surface area contributed by atoms with Crippen LogP contribution in [0.25, 0.3) is 0 Å².